The average molecular weight is 506 g/mol. The third-order valence-electron chi connectivity index (χ3n) is 6.60. The van der Waals surface area contributed by atoms with Crippen LogP contribution in [0.4, 0.5) is 0 Å². The summed E-state index contributed by atoms with van der Waals surface area (Å²) in [6.07, 6.45) is 3.88. The van der Waals surface area contributed by atoms with Crippen molar-refractivity contribution in [3.63, 3.8) is 0 Å². The molecular weight excluding hydrogens is 467 g/mol. The number of aliphatic imine (C=N–C) groups is 1. The molecule has 0 saturated carbocycles. The van der Waals surface area contributed by atoms with Crippen LogP contribution in [-0.2, 0) is 4.79 Å². The first kappa shape index (κ1) is 23.7. The van der Waals surface area contributed by atoms with E-state index >= 15 is 0 Å². The zero-order chi connectivity index (χ0) is 19.2. The van der Waals surface area contributed by atoms with Gasteiger partial charge < -0.3 is 15.5 Å². The molecule has 4 rings (SSSR count). The Morgan fingerprint density at radius 2 is 1.71 bits per heavy atom. The molecule has 4 aliphatic rings. The van der Waals surface area contributed by atoms with E-state index in [0.29, 0.717) is 18.0 Å². The summed E-state index contributed by atoms with van der Waals surface area (Å²) in [4.78, 5) is 24.2. The number of piperazine rings is 3. The summed E-state index contributed by atoms with van der Waals surface area (Å²) in [7, 11) is 1.85. The molecule has 162 valence electrons. The van der Waals surface area contributed by atoms with Crippen LogP contribution in [0.5, 0.6) is 0 Å². The fraction of sp³-hybridized carbons (Fsp3) is 0.900. The van der Waals surface area contributed by atoms with Crippen molar-refractivity contribution in [2.24, 2.45) is 10.9 Å². The van der Waals surface area contributed by atoms with Crippen molar-refractivity contribution in [3.05, 3.63) is 0 Å². The third-order valence-corrected chi connectivity index (χ3v) is 6.60. The minimum Gasteiger partial charge on any atom is -0.355 e. The van der Waals surface area contributed by atoms with Crippen molar-refractivity contribution in [2.75, 3.05) is 59.4 Å². The minimum atomic E-state index is 0. The Morgan fingerprint density at radius 3 is 2.21 bits per heavy atom. The number of fused-ring (bicyclic) bond motifs is 3. The third kappa shape index (κ3) is 5.95. The maximum absolute atomic E-state index is 12.5. The molecule has 0 aromatic carbocycles. The first-order valence-corrected chi connectivity index (χ1v) is 10.9. The molecule has 1 atom stereocenters. The Kier molecular flexibility index (Phi) is 9.76. The molecule has 4 saturated heterocycles. The molecule has 1 unspecified atom stereocenters. The van der Waals surface area contributed by atoms with E-state index in [9.17, 15) is 4.79 Å². The molecule has 0 radical (unpaired) electrons. The molecule has 8 heteroatoms. The maximum Gasteiger partial charge on any atom is 0.225 e. The summed E-state index contributed by atoms with van der Waals surface area (Å²) in [5.41, 5.74) is 0. The Labute approximate surface area is 187 Å². The van der Waals surface area contributed by atoms with Gasteiger partial charge in [0.1, 0.15) is 0 Å². The first-order chi connectivity index (χ1) is 13.1. The van der Waals surface area contributed by atoms with Gasteiger partial charge in [-0.25, -0.2) is 0 Å². The molecule has 2 N–H and O–H groups in total. The normalized spacial score (nSPS) is 28.2. The number of carbonyl (C=O) groups excluding carboxylic acids is 1. The lowest BCUT2D eigenvalue weighted by molar-refractivity contribution is -0.136. The number of carbonyl (C=O) groups is 1. The molecule has 2 bridgehead atoms. The lowest BCUT2D eigenvalue weighted by atomic mass is 9.98. The van der Waals surface area contributed by atoms with Crippen molar-refractivity contribution in [3.8, 4) is 0 Å². The Bertz CT molecular complexity index is 511. The highest BCUT2D eigenvalue weighted by molar-refractivity contribution is 14.0. The Morgan fingerprint density at radius 1 is 1.07 bits per heavy atom. The largest absolute Gasteiger partial charge is 0.355 e. The van der Waals surface area contributed by atoms with Crippen molar-refractivity contribution in [2.45, 2.75) is 51.6 Å². The van der Waals surface area contributed by atoms with Gasteiger partial charge in [0.2, 0.25) is 5.91 Å². The van der Waals surface area contributed by atoms with Gasteiger partial charge in [-0.05, 0) is 25.7 Å². The van der Waals surface area contributed by atoms with Crippen molar-refractivity contribution in [1.29, 1.82) is 0 Å². The van der Waals surface area contributed by atoms with Crippen molar-refractivity contribution >= 4 is 35.8 Å². The highest BCUT2D eigenvalue weighted by atomic mass is 127. The van der Waals surface area contributed by atoms with Crippen LogP contribution in [0.3, 0.4) is 0 Å². The van der Waals surface area contributed by atoms with E-state index in [0.717, 1.165) is 51.3 Å². The zero-order valence-electron chi connectivity index (χ0n) is 17.8. The van der Waals surface area contributed by atoms with E-state index in [1.165, 1.54) is 32.7 Å². The highest BCUT2D eigenvalue weighted by Gasteiger charge is 2.32. The number of amides is 1. The second-order valence-corrected chi connectivity index (χ2v) is 8.20. The molecule has 4 heterocycles. The molecule has 28 heavy (non-hydrogen) atoms. The number of rotatable bonds is 6. The Balaban J connectivity index is 0.00000280. The smallest absolute Gasteiger partial charge is 0.225 e. The summed E-state index contributed by atoms with van der Waals surface area (Å²) in [5, 5.41) is 7.11. The standard InChI is InChI=1S/C20H38N6O.HI/c1-4-16(5-2)19(27)26-8-6-17(7-9-26)23-20(21-3)22-14-18-15-24-10-12-25(18)13-11-24;/h16-18H,4-15H2,1-3H3,(H2,21,22,23);1H. The van der Waals surface area contributed by atoms with Gasteiger partial charge in [-0.3, -0.25) is 19.6 Å². The van der Waals surface area contributed by atoms with Gasteiger partial charge in [0.25, 0.3) is 0 Å². The number of piperidine rings is 1. The SMILES string of the molecule is CCC(CC)C(=O)N1CCC(NC(=NC)NCC2CN3CCN2CC3)CC1.I. The van der Waals surface area contributed by atoms with E-state index < -0.39 is 0 Å². The van der Waals surface area contributed by atoms with E-state index in [4.69, 9.17) is 0 Å². The number of nitrogens with zero attached hydrogens (tertiary/aromatic N) is 4. The second kappa shape index (κ2) is 11.5. The fourth-order valence-corrected chi connectivity index (χ4v) is 4.66. The lowest BCUT2D eigenvalue weighted by Gasteiger charge is -2.47. The topological polar surface area (TPSA) is 63.2 Å². The zero-order valence-corrected chi connectivity index (χ0v) is 20.2. The monoisotopic (exact) mass is 506 g/mol. The molecule has 0 spiro atoms. The molecule has 4 aliphatic heterocycles. The van der Waals surface area contributed by atoms with Crippen LogP contribution in [0, 0.1) is 5.92 Å². The number of hydrogen-bond donors (Lipinski definition) is 2. The predicted molar refractivity (Wildman–Crippen MR) is 125 cm³/mol. The number of guanidine groups is 1. The number of likely N-dealkylation sites (tertiary alicyclic amines) is 1. The summed E-state index contributed by atoms with van der Waals surface area (Å²) >= 11 is 0. The van der Waals surface area contributed by atoms with Gasteiger partial charge in [-0.1, -0.05) is 13.8 Å². The Hall–Kier alpha value is -0.610. The molecule has 4 fully saturated rings. The van der Waals surface area contributed by atoms with Gasteiger partial charge in [0.15, 0.2) is 5.96 Å². The highest BCUT2D eigenvalue weighted by Crippen LogP contribution is 2.18. The molecule has 0 aromatic heterocycles. The van der Waals surface area contributed by atoms with E-state index in [1.807, 2.05) is 7.05 Å². The number of nitrogens with one attached hydrogen (secondary N) is 2. The predicted octanol–water partition coefficient (Wildman–Crippen LogP) is 1.20. The number of hydrogen-bond acceptors (Lipinski definition) is 4. The van der Waals surface area contributed by atoms with Gasteiger partial charge in [0, 0.05) is 77.4 Å². The van der Waals surface area contributed by atoms with Crippen LogP contribution in [0.2, 0.25) is 0 Å². The quantitative estimate of drug-likeness (QED) is 0.322. The van der Waals surface area contributed by atoms with Gasteiger partial charge in [0.05, 0.1) is 0 Å². The van der Waals surface area contributed by atoms with Crippen LogP contribution in [0.1, 0.15) is 39.5 Å². The molecule has 0 aromatic rings. The second-order valence-electron chi connectivity index (χ2n) is 8.20. The lowest BCUT2D eigenvalue weighted by Crippen LogP contribution is -2.64. The summed E-state index contributed by atoms with van der Waals surface area (Å²) in [6, 6.07) is 0.986. The molecule has 0 aliphatic carbocycles. The summed E-state index contributed by atoms with van der Waals surface area (Å²) < 4.78 is 0. The molecule has 7 nitrogen and oxygen atoms in total. The van der Waals surface area contributed by atoms with Crippen molar-refractivity contribution in [1.82, 2.24) is 25.3 Å². The van der Waals surface area contributed by atoms with E-state index in [1.54, 1.807) is 0 Å². The van der Waals surface area contributed by atoms with E-state index in [-0.39, 0.29) is 29.9 Å². The van der Waals surface area contributed by atoms with Crippen LogP contribution in [-0.4, -0.2) is 98.1 Å². The summed E-state index contributed by atoms with van der Waals surface area (Å²) in [5.74, 6) is 1.44. The maximum atomic E-state index is 12.5. The minimum absolute atomic E-state index is 0. The van der Waals surface area contributed by atoms with Crippen molar-refractivity contribution < 1.29 is 4.79 Å². The fourth-order valence-electron chi connectivity index (χ4n) is 4.66. The summed E-state index contributed by atoms with van der Waals surface area (Å²) in [6.45, 7) is 12.9. The van der Waals surface area contributed by atoms with Gasteiger partial charge in [-0.2, -0.15) is 0 Å². The first-order valence-electron chi connectivity index (χ1n) is 10.9. The van der Waals surface area contributed by atoms with Crippen LogP contribution in [0.25, 0.3) is 0 Å². The van der Waals surface area contributed by atoms with Crippen LogP contribution in [0.15, 0.2) is 4.99 Å². The van der Waals surface area contributed by atoms with Gasteiger partial charge in [-0.15, -0.1) is 24.0 Å². The van der Waals surface area contributed by atoms with E-state index in [2.05, 4.69) is 44.2 Å². The van der Waals surface area contributed by atoms with Crippen LogP contribution < -0.4 is 10.6 Å². The molecular formula is C20H39IN6O. The molecule has 1 amide bonds. The van der Waals surface area contributed by atoms with Crippen LogP contribution >= 0.6 is 24.0 Å². The number of halogens is 1. The average Bonchev–Trinajstić information content (AvgIpc) is 2.73. The van der Waals surface area contributed by atoms with Gasteiger partial charge >= 0.3 is 0 Å².